The molecule has 0 fully saturated rings. The molecule has 1 amide bonds. The Bertz CT molecular complexity index is 1230. The molecule has 10 nitrogen and oxygen atoms in total. The number of rotatable bonds is 6. The smallest absolute Gasteiger partial charge is 0.332 e. The lowest BCUT2D eigenvalue weighted by Gasteiger charge is -2.05. The fourth-order valence-corrected chi connectivity index (χ4v) is 2.81. The van der Waals surface area contributed by atoms with Crippen molar-refractivity contribution in [2.75, 3.05) is 7.11 Å². The van der Waals surface area contributed by atoms with Crippen LogP contribution in [0.3, 0.4) is 0 Å². The first kappa shape index (κ1) is 19.8. The average Bonchev–Trinajstić information content (AvgIpc) is 3.14. The molecule has 0 aliphatic carbocycles. The Labute approximate surface area is 165 Å². The van der Waals surface area contributed by atoms with Gasteiger partial charge in [0.25, 0.3) is 11.5 Å². The topological polar surface area (TPSA) is 113 Å². The summed E-state index contributed by atoms with van der Waals surface area (Å²) in [7, 11) is 4.48. The first-order valence-corrected chi connectivity index (χ1v) is 8.66. The van der Waals surface area contributed by atoms with Crippen LogP contribution in [0.4, 0.5) is 0 Å². The van der Waals surface area contributed by atoms with Crippen LogP contribution in [-0.4, -0.2) is 37.9 Å². The molecule has 0 saturated heterocycles. The molecule has 0 unspecified atom stereocenters. The van der Waals surface area contributed by atoms with E-state index in [2.05, 4.69) is 15.5 Å². The minimum absolute atomic E-state index is 0.169. The second kappa shape index (κ2) is 8.38. The Hall–Kier alpha value is -3.95. The standard InChI is InChI=1S/C19H20N6O4/c1-23-17-16(18(27)24(2)19(23)28)25(12-20-17)11-15(26)22-21-10-6-8-13-7-4-5-9-14(13)29-3/h4-10,12H,11H2,1-3H3,(H,22,26)/b8-6-,21-10+. The molecular formula is C19H20N6O4. The van der Waals surface area contributed by atoms with Crippen LogP contribution in [0.25, 0.3) is 17.2 Å². The van der Waals surface area contributed by atoms with Crippen LogP contribution < -0.4 is 21.4 Å². The number of para-hydroxylation sites is 1. The van der Waals surface area contributed by atoms with Crippen molar-refractivity contribution >= 4 is 29.4 Å². The molecule has 0 radical (unpaired) electrons. The van der Waals surface area contributed by atoms with Crippen LogP contribution >= 0.6 is 0 Å². The molecule has 1 N–H and O–H groups in total. The SMILES string of the molecule is COc1ccccc1/C=C\C=N\NC(=O)Cn1cnc2c1c(=O)n(C)c(=O)n2C. The van der Waals surface area contributed by atoms with E-state index in [9.17, 15) is 14.4 Å². The molecule has 2 heterocycles. The Kier molecular flexibility index (Phi) is 5.72. The predicted octanol–water partition coefficient (Wildman–Crippen LogP) is 0.258. The van der Waals surface area contributed by atoms with Gasteiger partial charge in [0, 0.05) is 25.9 Å². The summed E-state index contributed by atoms with van der Waals surface area (Å²) < 4.78 is 8.85. The summed E-state index contributed by atoms with van der Waals surface area (Å²) in [5, 5.41) is 3.85. The Morgan fingerprint density at radius 2 is 2.00 bits per heavy atom. The molecule has 0 atom stereocenters. The van der Waals surface area contributed by atoms with Gasteiger partial charge in [-0.15, -0.1) is 0 Å². The van der Waals surface area contributed by atoms with E-state index in [0.29, 0.717) is 0 Å². The maximum atomic E-state index is 12.4. The fraction of sp³-hybridized carbons (Fsp3) is 0.211. The largest absolute Gasteiger partial charge is 0.496 e. The number of aromatic nitrogens is 4. The van der Waals surface area contributed by atoms with Gasteiger partial charge in [0.05, 0.1) is 13.4 Å². The Morgan fingerprint density at radius 3 is 2.76 bits per heavy atom. The molecule has 0 bridgehead atoms. The maximum absolute atomic E-state index is 12.4. The van der Waals surface area contributed by atoms with Gasteiger partial charge in [-0.3, -0.25) is 18.7 Å². The molecule has 10 heteroatoms. The van der Waals surface area contributed by atoms with Crippen LogP contribution in [0.15, 0.2) is 51.4 Å². The number of fused-ring (bicyclic) bond motifs is 1. The number of nitrogens with one attached hydrogen (secondary N) is 1. The van der Waals surface area contributed by atoms with Crippen molar-refractivity contribution in [2.45, 2.75) is 6.54 Å². The van der Waals surface area contributed by atoms with Crippen LogP contribution in [0.2, 0.25) is 0 Å². The van der Waals surface area contributed by atoms with Gasteiger partial charge >= 0.3 is 5.69 Å². The molecule has 150 valence electrons. The number of hydrogen-bond donors (Lipinski definition) is 1. The maximum Gasteiger partial charge on any atom is 0.332 e. The van der Waals surface area contributed by atoms with E-state index in [-0.39, 0.29) is 17.7 Å². The summed E-state index contributed by atoms with van der Waals surface area (Å²) in [5.41, 5.74) is 2.64. The van der Waals surface area contributed by atoms with E-state index in [1.807, 2.05) is 24.3 Å². The molecular weight excluding hydrogens is 376 g/mol. The van der Waals surface area contributed by atoms with E-state index in [1.54, 1.807) is 19.3 Å². The van der Waals surface area contributed by atoms with E-state index in [0.717, 1.165) is 15.9 Å². The highest BCUT2D eigenvalue weighted by atomic mass is 16.5. The van der Waals surface area contributed by atoms with Gasteiger partial charge in [-0.1, -0.05) is 18.2 Å². The highest BCUT2D eigenvalue weighted by molar-refractivity contribution is 5.82. The highest BCUT2D eigenvalue weighted by Gasteiger charge is 2.15. The highest BCUT2D eigenvalue weighted by Crippen LogP contribution is 2.18. The third-order valence-corrected chi connectivity index (χ3v) is 4.30. The lowest BCUT2D eigenvalue weighted by molar-refractivity contribution is -0.121. The number of benzene rings is 1. The van der Waals surface area contributed by atoms with E-state index >= 15 is 0 Å². The van der Waals surface area contributed by atoms with E-state index in [1.165, 1.54) is 35.8 Å². The van der Waals surface area contributed by atoms with Gasteiger partial charge in [-0.05, 0) is 18.2 Å². The quantitative estimate of drug-likeness (QED) is 0.474. The molecule has 2 aromatic heterocycles. The van der Waals surface area contributed by atoms with Gasteiger partial charge < -0.3 is 9.30 Å². The van der Waals surface area contributed by atoms with E-state index < -0.39 is 17.2 Å². The Balaban J connectivity index is 1.69. The fourth-order valence-electron chi connectivity index (χ4n) is 2.81. The molecule has 3 rings (SSSR count). The summed E-state index contributed by atoms with van der Waals surface area (Å²) in [4.78, 5) is 40.5. The van der Waals surface area contributed by atoms with Crippen molar-refractivity contribution in [2.24, 2.45) is 19.2 Å². The first-order chi connectivity index (χ1) is 13.9. The number of carbonyl (C=O) groups excluding carboxylic acids is 1. The number of imidazole rings is 1. The van der Waals surface area contributed by atoms with Crippen molar-refractivity contribution in [1.29, 1.82) is 0 Å². The number of nitrogens with zero attached hydrogens (tertiary/aromatic N) is 5. The van der Waals surface area contributed by atoms with Gasteiger partial charge in [0.2, 0.25) is 0 Å². The monoisotopic (exact) mass is 396 g/mol. The molecule has 0 saturated carbocycles. The zero-order valence-corrected chi connectivity index (χ0v) is 16.2. The zero-order chi connectivity index (χ0) is 21.0. The Morgan fingerprint density at radius 1 is 1.24 bits per heavy atom. The normalized spacial score (nSPS) is 11.6. The van der Waals surface area contributed by atoms with Crippen molar-refractivity contribution < 1.29 is 9.53 Å². The van der Waals surface area contributed by atoms with Crippen molar-refractivity contribution in [3.8, 4) is 5.75 Å². The van der Waals surface area contributed by atoms with Gasteiger partial charge in [0.1, 0.15) is 12.3 Å². The molecule has 29 heavy (non-hydrogen) atoms. The number of allylic oxidation sites excluding steroid dienone is 1. The summed E-state index contributed by atoms with van der Waals surface area (Å²) in [5.74, 6) is 0.284. The van der Waals surface area contributed by atoms with Crippen LogP contribution in [-0.2, 0) is 25.4 Å². The van der Waals surface area contributed by atoms with E-state index in [4.69, 9.17) is 4.74 Å². The molecule has 0 aliphatic rings. The zero-order valence-electron chi connectivity index (χ0n) is 16.2. The number of amides is 1. The van der Waals surface area contributed by atoms with Crippen LogP contribution in [0, 0.1) is 0 Å². The van der Waals surface area contributed by atoms with Crippen molar-refractivity contribution in [3.05, 3.63) is 63.1 Å². The molecule has 1 aromatic carbocycles. The van der Waals surface area contributed by atoms with Gasteiger partial charge in [-0.25, -0.2) is 15.2 Å². The number of ether oxygens (including phenoxy) is 1. The lowest BCUT2D eigenvalue weighted by Crippen LogP contribution is -2.38. The lowest BCUT2D eigenvalue weighted by atomic mass is 10.2. The number of aryl methyl sites for hydroxylation is 1. The number of methoxy groups -OCH3 is 1. The molecule has 0 aliphatic heterocycles. The number of hydrazone groups is 1. The summed E-state index contributed by atoms with van der Waals surface area (Å²) in [6, 6.07) is 7.49. The number of carbonyl (C=O) groups is 1. The minimum Gasteiger partial charge on any atom is -0.496 e. The molecule has 0 spiro atoms. The minimum atomic E-state index is -0.517. The molecule has 3 aromatic rings. The van der Waals surface area contributed by atoms with Crippen LogP contribution in [0.1, 0.15) is 5.56 Å². The van der Waals surface area contributed by atoms with Gasteiger partial charge in [-0.2, -0.15) is 5.10 Å². The summed E-state index contributed by atoms with van der Waals surface area (Å²) in [6.07, 6.45) is 6.23. The van der Waals surface area contributed by atoms with Crippen molar-refractivity contribution in [1.82, 2.24) is 24.1 Å². The third kappa shape index (κ3) is 4.00. The van der Waals surface area contributed by atoms with Crippen molar-refractivity contribution in [3.63, 3.8) is 0 Å². The van der Waals surface area contributed by atoms with Gasteiger partial charge in [0.15, 0.2) is 11.2 Å². The predicted molar refractivity (Wildman–Crippen MR) is 109 cm³/mol. The summed E-state index contributed by atoms with van der Waals surface area (Å²) in [6.45, 7) is -0.169. The summed E-state index contributed by atoms with van der Waals surface area (Å²) >= 11 is 0. The number of hydrogen-bond acceptors (Lipinski definition) is 6. The van der Waals surface area contributed by atoms with Crippen LogP contribution in [0.5, 0.6) is 5.75 Å². The second-order valence-corrected chi connectivity index (χ2v) is 6.16. The third-order valence-electron chi connectivity index (χ3n) is 4.30. The first-order valence-electron chi connectivity index (χ1n) is 8.66. The average molecular weight is 396 g/mol. The second-order valence-electron chi connectivity index (χ2n) is 6.16.